The number of nitrogens with one attached hydrogen (secondary N) is 1. The van der Waals surface area contributed by atoms with Gasteiger partial charge in [0.15, 0.2) is 0 Å². The van der Waals surface area contributed by atoms with E-state index in [1.807, 2.05) is 6.20 Å². The number of hydrogen-bond donors (Lipinski definition) is 1. The van der Waals surface area contributed by atoms with Gasteiger partial charge in [0, 0.05) is 30.7 Å². The maximum absolute atomic E-state index is 4.26. The number of aromatic nitrogens is 2. The fraction of sp³-hybridized carbons (Fsp3) is 0.667. The monoisotopic (exact) mass is 220 g/mol. The van der Waals surface area contributed by atoms with Crippen LogP contribution >= 0.6 is 0 Å². The third kappa shape index (κ3) is 2.77. The van der Waals surface area contributed by atoms with Crippen LogP contribution in [0.4, 0.5) is 0 Å². The highest BCUT2D eigenvalue weighted by molar-refractivity contribution is 4.93. The van der Waals surface area contributed by atoms with E-state index in [9.17, 15) is 0 Å². The molecular formula is C12H20N4. The molecule has 1 aliphatic rings. The Bertz CT molecular complexity index is 304. The average molecular weight is 220 g/mol. The van der Waals surface area contributed by atoms with Gasteiger partial charge in [0.25, 0.3) is 0 Å². The van der Waals surface area contributed by atoms with Gasteiger partial charge in [-0.1, -0.05) is 6.42 Å². The number of hydrogen-bond acceptors (Lipinski definition) is 4. The highest BCUT2D eigenvalue weighted by atomic mass is 15.5. The zero-order valence-electron chi connectivity index (χ0n) is 10.1. The Kier molecular flexibility index (Phi) is 3.85. The lowest BCUT2D eigenvalue weighted by atomic mass is 10.00. The summed E-state index contributed by atoms with van der Waals surface area (Å²) >= 11 is 0. The Hall–Kier alpha value is -1.00. The molecule has 16 heavy (non-hydrogen) atoms. The molecule has 88 valence electrons. The molecule has 0 amide bonds. The van der Waals surface area contributed by atoms with Gasteiger partial charge >= 0.3 is 0 Å². The van der Waals surface area contributed by atoms with Crippen molar-refractivity contribution < 1.29 is 0 Å². The summed E-state index contributed by atoms with van der Waals surface area (Å²) in [5, 5.41) is 2.36. The van der Waals surface area contributed by atoms with Gasteiger partial charge < -0.3 is 0 Å². The van der Waals surface area contributed by atoms with E-state index < -0.39 is 0 Å². The lowest BCUT2D eigenvalue weighted by Gasteiger charge is -2.39. The van der Waals surface area contributed by atoms with Crippen molar-refractivity contribution in [1.82, 2.24) is 20.4 Å². The van der Waals surface area contributed by atoms with Gasteiger partial charge in [-0.2, -0.15) is 0 Å². The van der Waals surface area contributed by atoms with Crippen molar-refractivity contribution in [3.05, 3.63) is 24.3 Å². The van der Waals surface area contributed by atoms with Crippen LogP contribution in [0, 0.1) is 0 Å². The second-order valence-corrected chi connectivity index (χ2v) is 4.57. The molecule has 2 unspecified atom stereocenters. The molecule has 0 spiro atoms. The summed E-state index contributed by atoms with van der Waals surface area (Å²) in [6, 6.07) is 1.22. The van der Waals surface area contributed by atoms with Gasteiger partial charge in [0.1, 0.15) is 0 Å². The first kappa shape index (κ1) is 11.5. The molecule has 4 heteroatoms. The first-order valence-corrected chi connectivity index (χ1v) is 6.04. The molecule has 1 fully saturated rings. The van der Waals surface area contributed by atoms with E-state index in [4.69, 9.17) is 0 Å². The Balaban J connectivity index is 1.89. The second-order valence-electron chi connectivity index (χ2n) is 4.57. The third-order valence-corrected chi connectivity index (χ3v) is 3.25. The van der Waals surface area contributed by atoms with Crippen molar-refractivity contribution >= 4 is 0 Å². The smallest absolute Gasteiger partial charge is 0.0738 e. The molecule has 0 saturated carbocycles. The number of nitrogens with zero attached hydrogens (tertiary/aromatic N) is 3. The molecule has 0 aliphatic carbocycles. The molecule has 1 N–H and O–H groups in total. The summed E-state index contributed by atoms with van der Waals surface area (Å²) in [7, 11) is 0. The zero-order valence-corrected chi connectivity index (χ0v) is 10.1. The third-order valence-electron chi connectivity index (χ3n) is 3.25. The van der Waals surface area contributed by atoms with Crippen molar-refractivity contribution in [3.63, 3.8) is 0 Å². The summed E-state index contributed by atoms with van der Waals surface area (Å²) in [6.45, 7) is 5.32. The lowest BCUT2D eigenvalue weighted by molar-refractivity contribution is 0.0431. The van der Waals surface area contributed by atoms with Crippen molar-refractivity contribution in [2.45, 2.75) is 51.7 Å². The Morgan fingerprint density at radius 1 is 1.31 bits per heavy atom. The highest BCUT2D eigenvalue weighted by Gasteiger charge is 2.24. The standard InChI is InChI=1S/C12H20N4/c1-10-4-3-5-11(2)16(10)15-9-12-8-13-6-7-14-12/h6-8,10-11,15H,3-5,9H2,1-2H3. The fourth-order valence-corrected chi connectivity index (χ4v) is 2.33. The van der Waals surface area contributed by atoms with E-state index in [2.05, 4.69) is 34.3 Å². The highest BCUT2D eigenvalue weighted by Crippen LogP contribution is 2.20. The van der Waals surface area contributed by atoms with Crippen molar-refractivity contribution in [1.29, 1.82) is 0 Å². The molecule has 1 aromatic rings. The number of piperidine rings is 1. The van der Waals surface area contributed by atoms with E-state index in [1.54, 1.807) is 12.4 Å². The Morgan fingerprint density at radius 2 is 2.06 bits per heavy atom. The average Bonchev–Trinajstić information content (AvgIpc) is 2.30. The van der Waals surface area contributed by atoms with E-state index >= 15 is 0 Å². The van der Waals surface area contributed by atoms with Gasteiger partial charge in [0.2, 0.25) is 0 Å². The minimum absolute atomic E-state index is 0.612. The lowest BCUT2D eigenvalue weighted by Crippen LogP contribution is -2.51. The maximum Gasteiger partial charge on any atom is 0.0738 e. The van der Waals surface area contributed by atoms with Crippen LogP contribution in [0.3, 0.4) is 0 Å². The molecule has 2 atom stereocenters. The van der Waals surface area contributed by atoms with Gasteiger partial charge in [-0.05, 0) is 26.7 Å². The first-order valence-electron chi connectivity index (χ1n) is 6.04. The van der Waals surface area contributed by atoms with Crippen LogP contribution in [0.25, 0.3) is 0 Å². The van der Waals surface area contributed by atoms with E-state index in [0.29, 0.717) is 12.1 Å². The van der Waals surface area contributed by atoms with Gasteiger partial charge in [-0.3, -0.25) is 9.97 Å². The van der Waals surface area contributed by atoms with Gasteiger partial charge in [0.05, 0.1) is 12.2 Å². The molecule has 0 bridgehead atoms. The Labute approximate surface area is 97.1 Å². The number of hydrazine groups is 1. The quantitative estimate of drug-likeness (QED) is 0.842. The SMILES string of the molecule is CC1CCCC(C)N1NCc1cnccn1. The summed E-state index contributed by atoms with van der Waals surface area (Å²) < 4.78 is 0. The van der Waals surface area contributed by atoms with E-state index in [-0.39, 0.29) is 0 Å². The maximum atomic E-state index is 4.26. The molecule has 1 saturated heterocycles. The van der Waals surface area contributed by atoms with E-state index in [0.717, 1.165) is 12.2 Å². The van der Waals surface area contributed by atoms with Crippen LogP contribution in [0.1, 0.15) is 38.8 Å². The molecule has 1 aromatic heterocycles. The van der Waals surface area contributed by atoms with Crippen molar-refractivity contribution in [2.75, 3.05) is 0 Å². The van der Waals surface area contributed by atoms with Crippen LogP contribution in [-0.4, -0.2) is 27.1 Å². The van der Waals surface area contributed by atoms with Crippen molar-refractivity contribution in [2.24, 2.45) is 0 Å². The van der Waals surface area contributed by atoms with Gasteiger partial charge in [-0.15, -0.1) is 0 Å². The van der Waals surface area contributed by atoms with Crippen molar-refractivity contribution in [3.8, 4) is 0 Å². The zero-order chi connectivity index (χ0) is 11.4. The normalized spacial score (nSPS) is 26.9. The Morgan fingerprint density at radius 3 is 2.69 bits per heavy atom. The van der Waals surface area contributed by atoms with Crippen LogP contribution < -0.4 is 5.43 Å². The second kappa shape index (κ2) is 5.37. The summed E-state index contributed by atoms with van der Waals surface area (Å²) in [6.07, 6.45) is 9.14. The predicted octanol–water partition coefficient (Wildman–Crippen LogP) is 1.74. The molecule has 0 aromatic carbocycles. The predicted molar refractivity (Wildman–Crippen MR) is 63.5 cm³/mol. The number of rotatable bonds is 3. The van der Waals surface area contributed by atoms with Crippen LogP contribution in [0.2, 0.25) is 0 Å². The molecular weight excluding hydrogens is 200 g/mol. The van der Waals surface area contributed by atoms with E-state index in [1.165, 1.54) is 19.3 Å². The molecule has 2 rings (SSSR count). The van der Waals surface area contributed by atoms with Gasteiger partial charge in [-0.25, -0.2) is 10.4 Å². The first-order chi connectivity index (χ1) is 7.77. The molecule has 4 nitrogen and oxygen atoms in total. The topological polar surface area (TPSA) is 41.0 Å². The largest absolute Gasteiger partial charge is 0.261 e. The molecule has 1 aliphatic heterocycles. The fourth-order valence-electron chi connectivity index (χ4n) is 2.33. The molecule has 2 heterocycles. The summed E-state index contributed by atoms with van der Waals surface area (Å²) in [5.41, 5.74) is 4.46. The summed E-state index contributed by atoms with van der Waals surface area (Å²) in [5.74, 6) is 0. The van der Waals surface area contributed by atoms with Crippen LogP contribution in [0.5, 0.6) is 0 Å². The minimum atomic E-state index is 0.612. The van der Waals surface area contributed by atoms with Crippen LogP contribution in [-0.2, 0) is 6.54 Å². The molecule has 0 radical (unpaired) electrons. The van der Waals surface area contributed by atoms with Crippen LogP contribution in [0.15, 0.2) is 18.6 Å². The summed E-state index contributed by atoms with van der Waals surface area (Å²) in [4.78, 5) is 8.33. The minimum Gasteiger partial charge on any atom is -0.261 e.